The van der Waals surface area contributed by atoms with E-state index in [-0.39, 0.29) is 0 Å². The zero-order valence-corrected chi connectivity index (χ0v) is 10.7. The third-order valence-corrected chi connectivity index (χ3v) is 3.89. The molecule has 15 heavy (non-hydrogen) atoms. The maximum Gasteiger partial charge on any atom is 0.00923 e. The van der Waals surface area contributed by atoms with Gasteiger partial charge in [-0.15, -0.1) is 6.58 Å². The molecule has 0 unspecified atom stereocenters. The van der Waals surface area contributed by atoms with Gasteiger partial charge < -0.3 is 0 Å². The topological polar surface area (TPSA) is 3.24 Å². The van der Waals surface area contributed by atoms with Gasteiger partial charge in [-0.3, -0.25) is 4.31 Å². The van der Waals surface area contributed by atoms with Crippen molar-refractivity contribution in [2.45, 2.75) is 39.0 Å². The number of hydrogen-bond donors (Lipinski definition) is 0. The molecule has 1 aliphatic rings. The van der Waals surface area contributed by atoms with E-state index in [0.29, 0.717) is 0 Å². The Morgan fingerprint density at radius 3 is 3.00 bits per heavy atom. The molecule has 0 bridgehead atoms. The van der Waals surface area contributed by atoms with E-state index in [1.807, 2.05) is 18.0 Å². The van der Waals surface area contributed by atoms with Crippen LogP contribution in [0, 0.1) is 0 Å². The highest BCUT2D eigenvalue weighted by molar-refractivity contribution is 7.97. The van der Waals surface area contributed by atoms with Gasteiger partial charge in [0, 0.05) is 18.8 Å². The van der Waals surface area contributed by atoms with Crippen molar-refractivity contribution in [3.05, 3.63) is 24.3 Å². The van der Waals surface area contributed by atoms with Crippen LogP contribution < -0.4 is 0 Å². The largest absolute Gasteiger partial charge is 0.251 e. The summed E-state index contributed by atoms with van der Waals surface area (Å²) >= 11 is 2.03. The first-order valence-corrected chi connectivity index (χ1v) is 6.91. The zero-order valence-electron chi connectivity index (χ0n) is 9.87. The van der Waals surface area contributed by atoms with Gasteiger partial charge in [-0.05, 0) is 39.0 Å². The van der Waals surface area contributed by atoms with Crippen molar-refractivity contribution in [1.29, 1.82) is 0 Å². The molecule has 0 amide bonds. The van der Waals surface area contributed by atoms with Crippen LogP contribution in [-0.2, 0) is 0 Å². The molecule has 0 aromatic carbocycles. The molecule has 0 N–H and O–H groups in total. The lowest BCUT2D eigenvalue weighted by Crippen LogP contribution is -2.22. The Bertz CT molecular complexity index is 205. The van der Waals surface area contributed by atoms with Gasteiger partial charge >= 0.3 is 0 Å². The summed E-state index contributed by atoms with van der Waals surface area (Å²) in [4.78, 5) is 0. The van der Waals surface area contributed by atoms with E-state index in [4.69, 9.17) is 0 Å². The van der Waals surface area contributed by atoms with Gasteiger partial charge in [0.15, 0.2) is 0 Å². The minimum absolute atomic E-state index is 1.02. The quantitative estimate of drug-likeness (QED) is 0.496. The second-order valence-corrected chi connectivity index (χ2v) is 5.33. The van der Waals surface area contributed by atoms with Gasteiger partial charge in [0.1, 0.15) is 0 Å². The van der Waals surface area contributed by atoms with Crippen molar-refractivity contribution < 1.29 is 0 Å². The highest BCUT2D eigenvalue weighted by atomic mass is 32.2. The van der Waals surface area contributed by atoms with E-state index in [2.05, 4.69) is 23.9 Å². The van der Waals surface area contributed by atoms with E-state index < -0.39 is 0 Å². The summed E-state index contributed by atoms with van der Waals surface area (Å²) in [6.45, 7) is 8.50. The molecular formula is C13H23NS. The first-order valence-electron chi connectivity index (χ1n) is 5.97. The average Bonchev–Trinajstić information content (AvgIpc) is 2.28. The van der Waals surface area contributed by atoms with Crippen LogP contribution in [0.1, 0.15) is 39.0 Å². The molecule has 86 valence electrons. The Morgan fingerprint density at radius 1 is 1.47 bits per heavy atom. The van der Waals surface area contributed by atoms with Gasteiger partial charge in [-0.2, -0.15) is 0 Å². The van der Waals surface area contributed by atoms with E-state index in [1.165, 1.54) is 50.1 Å². The Kier molecular flexibility index (Phi) is 6.86. The molecule has 1 saturated heterocycles. The van der Waals surface area contributed by atoms with Gasteiger partial charge in [0.2, 0.25) is 0 Å². The van der Waals surface area contributed by atoms with Crippen LogP contribution in [0.3, 0.4) is 0 Å². The number of allylic oxidation sites excluding steroid dienone is 3. The highest BCUT2D eigenvalue weighted by Crippen LogP contribution is 2.20. The molecule has 1 nitrogen and oxygen atoms in total. The summed E-state index contributed by atoms with van der Waals surface area (Å²) in [6, 6.07) is 0. The molecule has 0 spiro atoms. The third-order valence-electron chi connectivity index (χ3n) is 2.69. The fourth-order valence-electron chi connectivity index (χ4n) is 1.75. The third kappa shape index (κ3) is 6.06. The monoisotopic (exact) mass is 225 g/mol. The van der Waals surface area contributed by atoms with E-state index in [1.54, 1.807) is 0 Å². The van der Waals surface area contributed by atoms with Crippen molar-refractivity contribution in [2.24, 2.45) is 0 Å². The molecule has 0 aromatic rings. The lowest BCUT2D eigenvalue weighted by Gasteiger charge is -2.25. The Labute approximate surface area is 98.8 Å². The van der Waals surface area contributed by atoms with Crippen molar-refractivity contribution in [1.82, 2.24) is 4.31 Å². The number of nitrogens with zero attached hydrogens (tertiary/aromatic N) is 1. The molecule has 1 fully saturated rings. The summed E-state index contributed by atoms with van der Waals surface area (Å²) < 4.78 is 2.53. The van der Waals surface area contributed by atoms with Gasteiger partial charge in [0.25, 0.3) is 0 Å². The standard InChI is InChI=1S/C13H23NS/c1-3-4-8-13(2)9-7-11-14-10-5-6-12-15-14/h3,8H,1,4-7,9-12H2,2H3/b13-8+. The Hall–Kier alpha value is -0.210. The second-order valence-electron chi connectivity index (χ2n) is 4.15. The van der Waals surface area contributed by atoms with Crippen LogP contribution in [0.15, 0.2) is 24.3 Å². The summed E-state index contributed by atoms with van der Waals surface area (Å²) in [5.41, 5.74) is 1.51. The highest BCUT2D eigenvalue weighted by Gasteiger charge is 2.09. The van der Waals surface area contributed by atoms with Crippen LogP contribution in [0.25, 0.3) is 0 Å². The van der Waals surface area contributed by atoms with Crippen LogP contribution >= 0.6 is 11.9 Å². The smallest absolute Gasteiger partial charge is 0.00923 e. The van der Waals surface area contributed by atoms with Gasteiger partial charge in [-0.1, -0.05) is 29.7 Å². The first kappa shape index (κ1) is 12.9. The summed E-state index contributed by atoms with van der Waals surface area (Å²) in [6.07, 6.45) is 10.6. The van der Waals surface area contributed by atoms with Crippen LogP contribution in [-0.4, -0.2) is 23.1 Å². The van der Waals surface area contributed by atoms with E-state index in [9.17, 15) is 0 Å². The maximum atomic E-state index is 3.73. The second kappa shape index (κ2) is 8.00. The molecule has 1 aliphatic heterocycles. The molecular weight excluding hydrogens is 202 g/mol. The summed E-state index contributed by atoms with van der Waals surface area (Å²) in [5.74, 6) is 1.32. The fourth-order valence-corrected chi connectivity index (χ4v) is 2.85. The van der Waals surface area contributed by atoms with E-state index in [0.717, 1.165) is 6.42 Å². The minimum Gasteiger partial charge on any atom is -0.251 e. The number of rotatable bonds is 6. The number of hydrogen-bond acceptors (Lipinski definition) is 2. The minimum atomic E-state index is 1.02. The van der Waals surface area contributed by atoms with Crippen molar-refractivity contribution in [3.8, 4) is 0 Å². The molecule has 0 saturated carbocycles. The molecule has 0 atom stereocenters. The van der Waals surface area contributed by atoms with E-state index >= 15 is 0 Å². The maximum absolute atomic E-state index is 3.73. The Morgan fingerprint density at radius 2 is 2.33 bits per heavy atom. The van der Waals surface area contributed by atoms with Crippen molar-refractivity contribution in [2.75, 3.05) is 18.8 Å². The van der Waals surface area contributed by atoms with Gasteiger partial charge in [-0.25, -0.2) is 0 Å². The molecule has 2 heteroatoms. The Balaban J connectivity index is 2.06. The predicted molar refractivity (Wildman–Crippen MR) is 71.1 cm³/mol. The molecule has 1 rings (SSSR count). The molecule has 0 radical (unpaired) electrons. The molecule has 0 aromatic heterocycles. The average molecular weight is 225 g/mol. The van der Waals surface area contributed by atoms with Gasteiger partial charge in [0.05, 0.1) is 0 Å². The van der Waals surface area contributed by atoms with Crippen LogP contribution in [0.4, 0.5) is 0 Å². The summed E-state index contributed by atoms with van der Waals surface area (Å²) in [7, 11) is 0. The van der Waals surface area contributed by atoms with Crippen LogP contribution in [0.2, 0.25) is 0 Å². The fraction of sp³-hybridized carbons (Fsp3) is 0.692. The molecule has 1 heterocycles. The van der Waals surface area contributed by atoms with Crippen LogP contribution in [0.5, 0.6) is 0 Å². The lowest BCUT2D eigenvalue weighted by molar-refractivity contribution is 0.432. The SMILES string of the molecule is C=CC/C=C(\C)CCCN1CCCCS1. The van der Waals surface area contributed by atoms with Crippen molar-refractivity contribution in [3.63, 3.8) is 0 Å². The molecule has 0 aliphatic carbocycles. The van der Waals surface area contributed by atoms with Crippen molar-refractivity contribution >= 4 is 11.9 Å². The lowest BCUT2D eigenvalue weighted by atomic mass is 10.1. The normalized spacial score (nSPS) is 19.1. The summed E-state index contributed by atoms with van der Waals surface area (Å²) in [5, 5.41) is 0. The zero-order chi connectivity index (χ0) is 10.9. The first-order chi connectivity index (χ1) is 7.33. The predicted octanol–water partition coefficient (Wildman–Crippen LogP) is 4.03.